The molecule has 0 unspecified atom stereocenters. The maximum Gasteiger partial charge on any atom is 0.255 e. The summed E-state index contributed by atoms with van der Waals surface area (Å²) in [5.41, 5.74) is 2.24. The summed E-state index contributed by atoms with van der Waals surface area (Å²) in [5.74, 6) is -0.549. The van der Waals surface area contributed by atoms with E-state index < -0.39 is 10.0 Å². The maximum atomic E-state index is 12.8. The molecule has 9 heteroatoms. The number of nitrogens with one attached hydrogen (secondary N) is 2. The molecule has 0 aliphatic carbocycles. The minimum Gasteiger partial charge on any atom is -0.322 e. The second-order valence-corrected chi connectivity index (χ2v) is 10.4. The van der Waals surface area contributed by atoms with Crippen LogP contribution in [0.1, 0.15) is 40.0 Å². The molecule has 34 heavy (non-hydrogen) atoms. The number of carbonyl (C=O) groups is 2. The van der Waals surface area contributed by atoms with Gasteiger partial charge in [0.1, 0.15) is 0 Å². The Balaban J connectivity index is 1.46. The van der Waals surface area contributed by atoms with Gasteiger partial charge in [0.2, 0.25) is 10.0 Å². The van der Waals surface area contributed by atoms with Gasteiger partial charge in [0, 0.05) is 23.4 Å². The fourth-order valence-electron chi connectivity index (χ4n) is 3.72. The van der Waals surface area contributed by atoms with Crippen molar-refractivity contribution in [1.29, 1.82) is 0 Å². The molecule has 0 aromatic heterocycles. The van der Waals surface area contributed by atoms with Crippen molar-refractivity contribution in [2.45, 2.75) is 19.3 Å². The summed E-state index contributed by atoms with van der Waals surface area (Å²) in [6.07, 6.45) is 2.35. The number of rotatable bonds is 5. The normalized spacial score (nSPS) is 15.3. The molecule has 0 atom stereocenters. The molecule has 4 rings (SSSR count). The predicted octanol–water partition coefficient (Wildman–Crippen LogP) is 5.16. The molecule has 2 N–H and O–H groups in total. The SMILES string of the molecule is O=C(Nc1ccc(Cl)c(NC(=O)c2ccccc2)c1)c1ccc(N2CCCCCS2(=O)=O)cc1. The van der Waals surface area contributed by atoms with Crippen LogP contribution in [-0.4, -0.2) is 32.5 Å². The van der Waals surface area contributed by atoms with Gasteiger partial charge in [0.25, 0.3) is 11.8 Å². The van der Waals surface area contributed by atoms with Crippen molar-refractivity contribution in [1.82, 2.24) is 0 Å². The summed E-state index contributed by atoms with van der Waals surface area (Å²) in [4.78, 5) is 25.2. The average Bonchev–Trinajstić information content (AvgIpc) is 3.02. The molecule has 2 amide bonds. The first-order valence-electron chi connectivity index (χ1n) is 10.9. The second kappa shape index (κ2) is 10.3. The van der Waals surface area contributed by atoms with Crippen LogP contribution in [0.2, 0.25) is 5.02 Å². The van der Waals surface area contributed by atoms with Crippen LogP contribution < -0.4 is 14.9 Å². The van der Waals surface area contributed by atoms with Gasteiger partial charge in [-0.25, -0.2) is 8.42 Å². The average molecular weight is 498 g/mol. The first kappa shape index (κ1) is 23.8. The van der Waals surface area contributed by atoms with E-state index in [1.54, 1.807) is 66.7 Å². The molecule has 0 spiro atoms. The lowest BCUT2D eigenvalue weighted by Gasteiger charge is -2.22. The van der Waals surface area contributed by atoms with E-state index in [0.29, 0.717) is 46.2 Å². The summed E-state index contributed by atoms with van der Waals surface area (Å²) < 4.78 is 26.4. The first-order chi connectivity index (χ1) is 16.3. The maximum absolute atomic E-state index is 12.8. The molecule has 1 saturated heterocycles. The van der Waals surface area contributed by atoms with E-state index >= 15 is 0 Å². The molecule has 176 valence electrons. The van der Waals surface area contributed by atoms with Crippen molar-refractivity contribution < 1.29 is 18.0 Å². The van der Waals surface area contributed by atoms with E-state index in [1.165, 1.54) is 4.31 Å². The highest BCUT2D eigenvalue weighted by atomic mass is 35.5. The third-order valence-electron chi connectivity index (χ3n) is 5.53. The summed E-state index contributed by atoms with van der Waals surface area (Å²) in [6.45, 7) is 0.441. The van der Waals surface area contributed by atoms with Gasteiger partial charge in [-0.1, -0.05) is 36.2 Å². The summed E-state index contributed by atoms with van der Waals surface area (Å²) in [7, 11) is -3.35. The number of amides is 2. The minimum absolute atomic E-state index is 0.134. The zero-order valence-electron chi connectivity index (χ0n) is 18.3. The number of benzene rings is 3. The van der Waals surface area contributed by atoms with Crippen molar-refractivity contribution in [2.24, 2.45) is 0 Å². The Hall–Kier alpha value is -3.36. The monoisotopic (exact) mass is 497 g/mol. The smallest absolute Gasteiger partial charge is 0.255 e. The molecule has 3 aromatic carbocycles. The topological polar surface area (TPSA) is 95.6 Å². The van der Waals surface area contributed by atoms with Crippen molar-refractivity contribution >= 4 is 50.5 Å². The fraction of sp³-hybridized carbons (Fsp3) is 0.200. The van der Waals surface area contributed by atoms with Crippen molar-refractivity contribution in [2.75, 3.05) is 27.2 Å². The Morgan fingerprint density at radius 2 is 1.47 bits per heavy atom. The Kier molecular flexibility index (Phi) is 7.19. The lowest BCUT2D eigenvalue weighted by molar-refractivity contribution is 0.101. The van der Waals surface area contributed by atoms with Crippen LogP contribution in [0, 0.1) is 0 Å². The Bertz CT molecular complexity index is 1300. The van der Waals surface area contributed by atoms with Gasteiger partial charge in [0.15, 0.2) is 0 Å². The molecule has 1 heterocycles. The van der Waals surface area contributed by atoms with Crippen LogP contribution >= 0.6 is 11.6 Å². The minimum atomic E-state index is -3.35. The number of anilines is 3. The molecule has 0 saturated carbocycles. The Morgan fingerprint density at radius 3 is 2.21 bits per heavy atom. The van der Waals surface area contributed by atoms with Crippen LogP contribution in [0.15, 0.2) is 72.8 Å². The quantitative estimate of drug-likeness (QED) is 0.508. The zero-order valence-corrected chi connectivity index (χ0v) is 19.9. The largest absolute Gasteiger partial charge is 0.322 e. The van der Waals surface area contributed by atoms with E-state index in [0.717, 1.165) is 12.8 Å². The Labute approximate surface area is 203 Å². The van der Waals surface area contributed by atoms with Gasteiger partial charge < -0.3 is 10.6 Å². The lowest BCUT2D eigenvalue weighted by atomic mass is 10.1. The Morgan fingerprint density at radius 1 is 0.794 bits per heavy atom. The van der Waals surface area contributed by atoms with Gasteiger partial charge in [-0.05, 0) is 67.4 Å². The standard InChI is InChI=1S/C25H24ClN3O4S/c26-22-14-11-20(17-23(22)28-25(31)18-7-3-1-4-8-18)27-24(30)19-9-12-21(13-10-19)29-15-5-2-6-16-34(29,32)33/h1,3-4,7-14,17H,2,5-6,15-16H2,(H,27,30)(H,28,31). The third-order valence-corrected chi connectivity index (χ3v) is 7.72. The third kappa shape index (κ3) is 5.58. The molecule has 1 fully saturated rings. The van der Waals surface area contributed by atoms with Gasteiger partial charge in [-0.2, -0.15) is 0 Å². The number of hydrogen-bond donors (Lipinski definition) is 2. The van der Waals surface area contributed by atoms with Gasteiger partial charge >= 0.3 is 0 Å². The van der Waals surface area contributed by atoms with E-state index in [4.69, 9.17) is 11.6 Å². The van der Waals surface area contributed by atoms with Gasteiger partial charge in [-0.3, -0.25) is 13.9 Å². The predicted molar refractivity (Wildman–Crippen MR) is 135 cm³/mol. The zero-order chi connectivity index (χ0) is 24.1. The highest BCUT2D eigenvalue weighted by Gasteiger charge is 2.24. The molecular formula is C25H24ClN3O4S. The molecule has 1 aliphatic rings. The number of hydrogen-bond acceptors (Lipinski definition) is 4. The summed E-state index contributed by atoms with van der Waals surface area (Å²) in [5, 5.41) is 5.87. The van der Waals surface area contributed by atoms with E-state index in [1.807, 2.05) is 6.07 Å². The molecule has 0 bridgehead atoms. The van der Waals surface area contributed by atoms with Crippen molar-refractivity contribution in [3.05, 3.63) is 88.9 Å². The van der Waals surface area contributed by atoms with Crippen molar-refractivity contribution in [3.8, 4) is 0 Å². The summed E-state index contributed by atoms with van der Waals surface area (Å²) in [6, 6.07) is 20.0. The van der Waals surface area contributed by atoms with Gasteiger partial charge in [0.05, 0.1) is 22.2 Å². The van der Waals surface area contributed by atoms with Crippen LogP contribution in [0.4, 0.5) is 17.1 Å². The van der Waals surface area contributed by atoms with E-state index in [-0.39, 0.29) is 17.6 Å². The number of halogens is 1. The molecular weight excluding hydrogens is 474 g/mol. The number of nitrogens with zero attached hydrogens (tertiary/aromatic N) is 1. The first-order valence-corrected chi connectivity index (χ1v) is 12.9. The van der Waals surface area contributed by atoms with Crippen LogP contribution in [0.3, 0.4) is 0 Å². The van der Waals surface area contributed by atoms with E-state index in [2.05, 4.69) is 10.6 Å². The van der Waals surface area contributed by atoms with Crippen LogP contribution in [0.5, 0.6) is 0 Å². The van der Waals surface area contributed by atoms with E-state index in [9.17, 15) is 18.0 Å². The molecule has 0 radical (unpaired) electrons. The fourth-order valence-corrected chi connectivity index (χ4v) is 5.53. The molecule has 3 aromatic rings. The molecule has 7 nitrogen and oxygen atoms in total. The number of carbonyl (C=O) groups excluding carboxylic acids is 2. The van der Waals surface area contributed by atoms with Crippen LogP contribution in [-0.2, 0) is 10.0 Å². The van der Waals surface area contributed by atoms with Crippen LogP contribution in [0.25, 0.3) is 0 Å². The highest BCUT2D eigenvalue weighted by molar-refractivity contribution is 7.92. The second-order valence-electron chi connectivity index (χ2n) is 7.96. The van der Waals surface area contributed by atoms with Gasteiger partial charge in [-0.15, -0.1) is 0 Å². The summed E-state index contributed by atoms with van der Waals surface area (Å²) >= 11 is 6.23. The number of sulfonamides is 1. The lowest BCUT2D eigenvalue weighted by Crippen LogP contribution is -2.32. The van der Waals surface area contributed by atoms with Crippen molar-refractivity contribution in [3.63, 3.8) is 0 Å². The highest BCUT2D eigenvalue weighted by Crippen LogP contribution is 2.27. The molecule has 1 aliphatic heterocycles.